The molecule has 0 spiro atoms. The van der Waals surface area contributed by atoms with Crippen LogP contribution < -0.4 is 10.1 Å². The number of oxazole rings is 1. The van der Waals surface area contributed by atoms with Crippen molar-refractivity contribution in [1.82, 2.24) is 9.97 Å². The van der Waals surface area contributed by atoms with Gasteiger partial charge in [-0.1, -0.05) is 23.7 Å². The quantitative estimate of drug-likeness (QED) is 0.551. The molecule has 4 rings (SSSR count). The van der Waals surface area contributed by atoms with E-state index in [2.05, 4.69) is 15.3 Å². The molecule has 27 heavy (non-hydrogen) atoms. The van der Waals surface area contributed by atoms with E-state index in [0.717, 1.165) is 0 Å². The highest BCUT2D eigenvalue weighted by atomic mass is 35.5. The number of anilines is 1. The van der Waals surface area contributed by atoms with E-state index in [-0.39, 0.29) is 5.91 Å². The fraction of sp³-hybridized carbons (Fsp3) is 0.0500. The molecule has 0 fully saturated rings. The lowest BCUT2D eigenvalue weighted by Crippen LogP contribution is -2.13. The first-order valence-electron chi connectivity index (χ1n) is 8.11. The van der Waals surface area contributed by atoms with Crippen molar-refractivity contribution in [1.29, 1.82) is 0 Å². The molecule has 1 N–H and O–H groups in total. The Morgan fingerprint density at radius 2 is 2.00 bits per heavy atom. The molecule has 2 heterocycles. The Labute approximate surface area is 159 Å². The fourth-order valence-electron chi connectivity index (χ4n) is 2.68. The smallest absolute Gasteiger partial charge is 0.259 e. The van der Waals surface area contributed by atoms with Crippen LogP contribution in [0.4, 0.5) is 5.69 Å². The summed E-state index contributed by atoms with van der Waals surface area (Å²) in [6, 6.07) is 15.6. The largest absolute Gasteiger partial charge is 0.496 e. The van der Waals surface area contributed by atoms with Crippen molar-refractivity contribution in [3.05, 3.63) is 71.4 Å². The number of carbonyl (C=O) groups excluding carboxylic acids is 1. The van der Waals surface area contributed by atoms with Gasteiger partial charge in [0.05, 0.1) is 23.3 Å². The average molecular weight is 380 g/mol. The molecule has 2 aromatic carbocycles. The van der Waals surface area contributed by atoms with Gasteiger partial charge in [-0.05, 0) is 42.5 Å². The first-order chi connectivity index (χ1) is 13.2. The SMILES string of the molecule is COc1ccccc1C(=O)Nc1ccc(Cl)c(-c2nc3ncccc3o2)c1. The van der Waals surface area contributed by atoms with Crippen LogP contribution in [0, 0.1) is 0 Å². The highest BCUT2D eigenvalue weighted by Crippen LogP contribution is 2.32. The van der Waals surface area contributed by atoms with E-state index < -0.39 is 0 Å². The van der Waals surface area contributed by atoms with Gasteiger partial charge in [-0.2, -0.15) is 4.98 Å². The van der Waals surface area contributed by atoms with Gasteiger partial charge in [0.2, 0.25) is 5.89 Å². The Bertz CT molecular complexity index is 1110. The summed E-state index contributed by atoms with van der Waals surface area (Å²) in [5.74, 6) is 0.538. The normalized spacial score (nSPS) is 10.7. The van der Waals surface area contributed by atoms with Crippen LogP contribution in [-0.4, -0.2) is 23.0 Å². The number of nitrogens with one attached hydrogen (secondary N) is 1. The van der Waals surface area contributed by atoms with Crippen molar-refractivity contribution in [3.8, 4) is 17.2 Å². The number of para-hydroxylation sites is 1. The van der Waals surface area contributed by atoms with Crippen molar-refractivity contribution in [2.24, 2.45) is 0 Å². The molecule has 0 saturated heterocycles. The number of nitrogens with zero attached hydrogens (tertiary/aromatic N) is 2. The van der Waals surface area contributed by atoms with Gasteiger partial charge in [0.1, 0.15) is 5.75 Å². The van der Waals surface area contributed by atoms with E-state index in [1.165, 1.54) is 7.11 Å². The number of carbonyl (C=O) groups is 1. The molecule has 6 nitrogen and oxygen atoms in total. The summed E-state index contributed by atoms with van der Waals surface area (Å²) in [6.45, 7) is 0. The van der Waals surface area contributed by atoms with E-state index in [4.69, 9.17) is 20.8 Å². The molecule has 0 bridgehead atoms. The lowest BCUT2D eigenvalue weighted by atomic mass is 10.1. The number of aromatic nitrogens is 2. The van der Waals surface area contributed by atoms with Crippen LogP contribution in [0.2, 0.25) is 5.02 Å². The van der Waals surface area contributed by atoms with Gasteiger partial charge in [-0.15, -0.1) is 0 Å². The maximum absolute atomic E-state index is 12.6. The summed E-state index contributed by atoms with van der Waals surface area (Å²) in [4.78, 5) is 21.1. The lowest BCUT2D eigenvalue weighted by molar-refractivity contribution is 0.102. The molecule has 0 aliphatic carbocycles. The van der Waals surface area contributed by atoms with Gasteiger partial charge < -0.3 is 14.5 Å². The average Bonchev–Trinajstić information content (AvgIpc) is 3.13. The zero-order chi connectivity index (χ0) is 18.8. The number of benzene rings is 2. The summed E-state index contributed by atoms with van der Waals surface area (Å²) >= 11 is 6.31. The Kier molecular flexibility index (Phi) is 4.48. The van der Waals surface area contributed by atoms with Crippen molar-refractivity contribution >= 4 is 34.4 Å². The van der Waals surface area contributed by atoms with Gasteiger partial charge >= 0.3 is 0 Å². The number of amides is 1. The number of hydrogen-bond donors (Lipinski definition) is 1. The monoisotopic (exact) mass is 379 g/mol. The van der Waals surface area contributed by atoms with Crippen LogP contribution in [-0.2, 0) is 0 Å². The second-order valence-electron chi connectivity index (χ2n) is 5.69. The summed E-state index contributed by atoms with van der Waals surface area (Å²) < 4.78 is 11.0. The van der Waals surface area contributed by atoms with Gasteiger partial charge in [0, 0.05) is 11.9 Å². The second-order valence-corrected chi connectivity index (χ2v) is 6.10. The molecule has 4 aromatic rings. The lowest BCUT2D eigenvalue weighted by Gasteiger charge is -2.10. The third kappa shape index (κ3) is 3.35. The fourth-order valence-corrected chi connectivity index (χ4v) is 2.88. The number of pyridine rings is 1. The number of hydrogen-bond acceptors (Lipinski definition) is 5. The third-order valence-corrected chi connectivity index (χ3v) is 4.30. The molecule has 0 aliphatic heterocycles. The number of halogens is 1. The summed E-state index contributed by atoms with van der Waals surface area (Å²) in [5, 5.41) is 3.30. The van der Waals surface area contributed by atoms with Gasteiger partial charge in [0.15, 0.2) is 11.2 Å². The van der Waals surface area contributed by atoms with Crippen molar-refractivity contribution < 1.29 is 13.9 Å². The number of fused-ring (bicyclic) bond motifs is 1. The van der Waals surface area contributed by atoms with Crippen molar-refractivity contribution in [2.45, 2.75) is 0 Å². The predicted molar refractivity (Wildman–Crippen MR) is 103 cm³/mol. The Morgan fingerprint density at radius 1 is 1.15 bits per heavy atom. The summed E-state index contributed by atoms with van der Waals surface area (Å²) in [5.41, 5.74) is 2.61. The standard InChI is InChI=1S/C20H14ClN3O3/c1-26-16-6-3-2-5-13(16)19(25)23-12-8-9-15(21)14(11-12)20-24-18-17(27-20)7-4-10-22-18/h2-11H,1H3,(H,23,25). The van der Waals surface area contributed by atoms with Crippen molar-refractivity contribution in [2.75, 3.05) is 12.4 Å². The summed E-state index contributed by atoms with van der Waals surface area (Å²) in [6.07, 6.45) is 1.64. The maximum atomic E-state index is 12.6. The molecule has 0 aliphatic rings. The van der Waals surface area contributed by atoms with E-state index in [9.17, 15) is 4.79 Å². The third-order valence-electron chi connectivity index (χ3n) is 3.97. The molecule has 2 aromatic heterocycles. The van der Waals surface area contributed by atoms with Crippen LogP contribution in [0.1, 0.15) is 10.4 Å². The minimum absolute atomic E-state index is 0.292. The minimum atomic E-state index is -0.292. The Morgan fingerprint density at radius 3 is 2.81 bits per heavy atom. The molecule has 0 unspecified atom stereocenters. The van der Waals surface area contributed by atoms with Gasteiger partial charge in [-0.3, -0.25) is 4.79 Å². The Hall–Kier alpha value is -3.38. The molecule has 134 valence electrons. The molecular weight excluding hydrogens is 366 g/mol. The zero-order valence-corrected chi connectivity index (χ0v) is 15.0. The van der Waals surface area contributed by atoms with Crippen LogP contribution in [0.5, 0.6) is 5.75 Å². The number of ether oxygens (including phenoxy) is 1. The maximum Gasteiger partial charge on any atom is 0.259 e. The zero-order valence-electron chi connectivity index (χ0n) is 14.3. The molecule has 1 amide bonds. The first kappa shape index (κ1) is 17.1. The van der Waals surface area contributed by atoms with Crippen LogP contribution >= 0.6 is 11.6 Å². The number of rotatable bonds is 4. The molecule has 7 heteroatoms. The van der Waals surface area contributed by atoms with Crippen molar-refractivity contribution in [3.63, 3.8) is 0 Å². The van der Waals surface area contributed by atoms with E-state index in [0.29, 0.717) is 44.7 Å². The van der Waals surface area contributed by atoms with Gasteiger partial charge in [-0.25, -0.2) is 4.98 Å². The first-order valence-corrected chi connectivity index (χ1v) is 8.49. The molecule has 0 radical (unpaired) electrons. The topological polar surface area (TPSA) is 77.2 Å². The summed E-state index contributed by atoms with van der Waals surface area (Å²) in [7, 11) is 1.52. The van der Waals surface area contributed by atoms with E-state index in [1.807, 2.05) is 0 Å². The van der Waals surface area contributed by atoms with Crippen LogP contribution in [0.3, 0.4) is 0 Å². The highest BCUT2D eigenvalue weighted by molar-refractivity contribution is 6.33. The van der Waals surface area contributed by atoms with Crippen LogP contribution in [0.15, 0.2) is 65.2 Å². The van der Waals surface area contributed by atoms with E-state index in [1.54, 1.807) is 60.8 Å². The van der Waals surface area contributed by atoms with Gasteiger partial charge in [0.25, 0.3) is 5.91 Å². The number of methoxy groups -OCH3 is 1. The highest BCUT2D eigenvalue weighted by Gasteiger charge is 2.15. The van der Waals surface area contributed by atoms with E-state index >= 15 is 0 Å². The Balaban J connectivity index is 1.67. The molecule has 0 atom stereocenters. The predicted octanol–water partition coefficient (Wildman–Crippen LogP) is 4.80. The minimum Gasteiger partial charge on any atom is -0.496 e. The molecular formula is C20H14ClN3O3. The van der Waals surface area contributed by atoms with Crippen LogP contribution in [0.25, 0.3) is 22.7 Å². The molecule has 0 saturated carbocycles. The second kappa shape index (κ2) is 7.09.